The Balaban J connectivity index is 1.81. The molecule has 0 aliphatic carbocycles. The molecule has 2 rings (SSSR count). The Kier molecular flexibility index (Phi) is 4.90. The minimum Gasteiger partial charge on any atom is -0.350 e. The zero-order chi connectivity index (χ0) is 14.4. The largest absolute Gasteiger partial charge is 0.350 e. The van der Waals surface area contributed by atoms with Crippen LogP contribution in [-0.4, -0.2) is 27.5 Å². The molecule has 0 aliphatic heterocycles. The number of nitrogens with two attached hydrogens (primary N) is 1. The van der Waals surface area contributed by atoms with Gasteiger partial charge in [-0.25, -0.2) is 4.98 Å². The van der Waals surface area contributed by atoms with E-state index in [9.17, 15) is 4.79 Å². The molecule has 0 saturated carbocycles. The summed E-state index contributed by atoms with van der Waals surface area (Å²) in [5.74, 6) is -0.124. The van der Waals surface area contributed by atoms with Crippen LogP contribution in [0.2, 0.25) is 0 Å². The molecule has 0 radical (unpaired) electrons. The van der Waals surface area contributed by atoms with Crippen LogP contribution in [0.5, 0.6) is 0 Å². The molecule has 1 amide bonds. The number of hydrogen-bond acceptors (Lipinski definition) is 3. The number of rotatable bonds is 6. The van der Waals surface area contributed by atoms with Crippen molar-refractivity contribution in [1.82, 2.24) is 14.9 Å². The van der Waals surface area contributed by atoms with Gasteiger partial charge in [0.05, 0.1) is 12.4 Å². The third kappa shape index (κ3) is 4.20. The van der Waals surface area contributed by atoms with Gasteiger partial charge in [0.1, 0.15) is 0 Å². The average molecular weight is 272 g/mol. The molecule has 3 N–H and O–H groups in total. The van der Waals surface area contributed by atoms with Crippen LogP contribution in [0.1, 0.15) is 12.5 Å². The summed E-state index contributed by atoms with van der Waals surface area (Å²) in [7, 11) is 0. The van der Waals surface area contributed by atoms with E-state index in [4.69, 9.17) is 5.73 Å². The van der Waals surface area contributed by atoms with Crippen LogP contribution in [0.3, 0.4) is 0 Å². The van der Waals surface area contributed by atoms with Crippen molar-refractivity contribution >= 4 is 5.91 Å². The molecule has 20 heavy (non-hydrogen) atoms. The maximum absolute atomic E-state index is 12.0. The molecule has 0 aliphatic rings. The highest BCUT2D eigenvalue weighted by molar-refractivity contribution is 5.82. The lowest BCUT2D eigenvalue weighted by molar-refractivity contribution is -0.123. The second-order valence-corrected chi connectivity index (χ2v) is 4.97. The fourth-order valence-corrected chi connectivity index (χ4v) is 2.07. The smallest absolute Gasteiger partial charge is 0.237 e. The zero-order valence-electron chi connectivity index (χ0n) is 11.6. The average Bonchev–Trinajstić information content (AvgIpc) is 2.92. The predicted octanol–water partition coefficient (Wildman–Crippen LogP) is 0.958. The highest BCUT2D eigenvalue weighted by atomic mass is 16.2. The number of nitrogens with one attached hydrogen (secondary N) is 1. The Morgan fingerprint density at radius 3 is 2.80 bits per heavy atom. The van der Waals surface area contributed by atoms with Gasteiger partial charge < -0.3 is 15.6 Å². The second-order valence-electron chi connectivity index (χ2n) is 4.97. The summed E-state index contributed by atoms with van der Waals surface area (Å²) in [5, 5.41) is 2.93. The van der Waals surface area contributed by atoms with Crippen molar-refractivity contribution in [3.05, 3.63) is 54.6 Å². The number of nitrogens with zero attached hydrogens (tertiary/aromatic N) is 2. The Morgan fingerprint density at radius 2 is 2.15 bits per heavy atom. The Labute approximate surface area is 118 Å². The third-order valence-electron chi connectivity index (χ3n) is 3.07. The van der Waals surface area contributed by atoms with Crippen LogP contribution in [-0.2, 0) is 17.8 Å². The maximum Gasteiger partial charge on any atom is 0.237 e. The molecule has 1 heterocycles. The van der Waals surface area contributed by atoms with Gasteiger partial charge in [-0.3, -0.25) is 4.79 Å². The SMILES string of the molecule is CC(Cn1ccnc1)NC(=O)[C@H](N)Cc1ccccc1. The van der Waals surface area contributed by atoms with E-state index in [1.54, 1.807) is 12.5 Å². The van der Waals surface area contributed by atoms with Gasteiger partial charge >= 0.3 is 0 Å². The van der Waals surface area contributed by atoms with E-state index in [0.717, 1.165) is 5.56 Å². The van der Waals surface area contributed by atoms with E-state index in [0.29, 0.717) is 13.0 Å². The molecule has 0 spiro atoms. The van der Waals surface area contributed by atoms with E-state index >= 15 is 0 Å². The fraction of sp³-hybridized carbons (Fsp3) is 0.333. The van der Waals surface area contributed by atoms with E-state index in [1.165, 1.54) is 0 Å². The first-order chi connectivity index (χ1) is 9.65. The monoisotopic (exact) mass is 272 g/mol. The number of aromatic nitrogens is 2. The van der Waals surface area contributed by atoms with Crippen molar-refractivity contribution < 1.29 is 4.79 Å². The van der Waals surface area contributed by atoms with Gasteiger partial charge in [0.15, 0.2) is 0 Å². The summed E-state index contributed by atoms with van der Waals surface area (Å²) in [6.07, 6.45) is 5.86. The third-order valence-corrected chi connectivity index (χ3v) is 3.07. The van der Waals surface area contributed by atoms with E-state index in [-0.39, 0.29) is 11.9 Å². The predicted molar refractivity (Wildman–Crippen MR) is 78.0 cm³/mol. The summed E-state index contributed by atoms with van der Waals surface area (Å²) in [5.41, 5.74) is 7.01. The molecule has 2 aromatic rings. The van der Waals surface area contributed by atoms with Crippen LogP contribution < -0.4 is 11.1 Å². The minimum atomic E-state index is -0.525. The first kappa shape index (κ1) is 14.3. The molecule has 5 heteroatoms. The number of imidazole rings is 1. The van der Waals surface area contributed by atoms with Gasteiger partial charge in [0, 0.05) is 25.0 Å². The number of benzene rings is 1. The summed E-state index contributed by atoms with van der Waals surface area (Å²) in [4.78, 5) is 16.0. The maximum atomic E-state index is 12.0. The number of carbonyl (C=O) groups excluding carboxylic acids is 1. The van der Waals surface area contributed by atoms with Crippen LogP contribution >= 0.6 is 0 Å². The van der Waals surface area contributed by atoms with Gasteiger partial charge in [-0.2, -0.15) is 0 Å². The van der Waals surface area contributed by atoms with Crippen molar-refractivity contribution in [1.29, 1.82) is 0 Å². The van der Waals surface area contributed by atoms with Crippen molar-refractivity contribution in [2.75, 3.05) is 0 Å². The lowest BCUT2D eigenvalue weighted by Crippen LogP contribution is -2.46. The standard InChI is InChI=1S/C15H20N4O/c1-12(10-19-8-7-17-11-19)18-15(20)14(16)9-13-5-3-2-4-6-13/h2-8,11-12,14H,9-10,16H2,1H3,(H,18,20)/t12?,14-/m1/s1. The summed E-state index contributed by atoms with van der Waals surface area (Å²) >= 11 is 0. The van der Waals surface area contributed by atoms with Crippen LogP contribution in [0.15, 0.2) is 49.1 Å². The molecule has 0 bridgehead atoms. The van der Waals surface area contributed by atoms with Gasteiger partial charge in [-0.1, -0.05) is 30.3 Å². The van der Waals surface area contributed by atoms with Crippen LogP contribution in [0.25, 0.3) is 0 Å². The molecule has 2 atom stereocenters. The Morgan fingerprint density at radius 1 is 1.40 bits per heavy atom. The molecule has 0 saturated heterocycles. The Bertz CT molecular complexity index is 524. The van der Waals surface area contributed by atoms with Crippen molar-refractivity contribution in [3.63, 3.8) is 0 Å². The van der Waals surface area contributed by atoms with Crippen LogP contribution in [0, 0.1) is 0 Å². The van der Waals surface area contributed by atoms with Crippen molar-refractivity contribution in [2.45, 2.75) is 32.0 Å². The van der Waals surface area contributed by atoms with Gasteiger partial charge in [-0.15, -0.1) is 0 Å². The highest BCUT2D eigenvalue weighted by Gasteiger charge is 2.16. The molecule has 106 valence electrons. The number of hydrogen-bond donors (Lipinski definition) is 2. The summed E-state index contributed by atoms with van der Waals surface area (Å²) in [6, 6.07) is 9.27. The molecule has 0 fully saturated rings. The molecular formula is C15H20N4O. The molecule has 5 nitrogen and oxygen atoms in total. The summed E-state index contributed by atoms with van der Waals surface area (Å²) < 4.78 is 1.92. The molecule has 1 aromatic carbocycles. The lowest BCUT2D eigenvalue weighted by Gasteiger charge is -2.18. The van der Waals surface area contributed by atoms with E-state index in [2.05, 4.69) is 10.3 Å². The first-order valence-corrected chi connectivity index (χ1v) is 6.71. The zero-order valence-corrected chi connectivity index (χ0v) is 11.6. The van der Waals surface area contributed by atoms with Crippen molar-refractivity contribution in [2.24, 2.45) is 5.73 Å². The quantitative estimate of drug-likeness (QED) is 0.822. The highest BCUT2D eigenvalue weighted by Crippen LogP contribution is 2.02. The first-order valence-electron chi connectivity index (χ1n) is 6.71. The molecular weight excluding hydrogens is 252 g/mol. The fourth-order valence-electron chi connectivity index (χ4n) is 2.07. The number of amides is 1. The van der Waals surface area contributed by atoms with Crippen molar-refractivity contribution in [3.8, 4) is 0 Å². The summed E-state index contributed by atoms with van der Waals surface area (Å²) in [6.45, 7) is 2.64. The van der Waals surface area contributed by atoms with Gasteiger partial charge in [0.2, 0.25) is 5.91 Å². The lowest BCUT2D eigenvalue weighted by atomic mass is 10.1. The normalized spacial score (nSPS) is 13.7. The minimum absolute atomic E-state index is 0.0125. The topological polar surface area (TPSA) is 72.9 Å². The Hall–Kier alpha value is -2.14. The van der Waals surface area contributed by atoms with E-state index in [1.807, 2.05) is 48.0 Å². The number of carbonyl (C=O) groups is 1. The molecule has 1 aromatic heterocycles. The molecule has 1 unspecified atom stereocenters. The van der Waals surface area contributed by atoms with Gasteiger partial charge in [-0.05, 0) is 18.9 Å². The van der Waals surface area contributed by atoms with Gasteiger partial charge in [0.25, 0.3) is 0 Å². The second kappa shape index (κ2) is 6.86. The van der Waals surface area contributed by atoms with E-state index < -0.39 is 6.04 Å². The van der Waals surface area contributed by atoms with Crippen LogP contribution in [0.4, 0.5) is 0 Å².